The van der Waals surface area contributed by atoms with Crippen molar-refractivity contribution in [2.45, 2.75) is 19.9 Å². The highest BCUT2D eigenvalue weighted by molar-refractivity contribution is 6.04. The third kappa shape index (κ3) is 4.34. The standard InChI is InChI=1S/C26H22N2O4/c1-2-16-28-25(30)22-11-7-6-10-21(22)24(27-28)26(31)32-17-23(29)20-14-12-19(13-15-20)18-8-4-3-5-9-18/h3-15H,2,16-17H2,1H3. The Hall–Kier alpha value is -4.06. The Morgan fingerprint density at radius 2 is 1.47 bits per heavy atom. The van der Waals surface area contributed by atoms with Crippen molar-refractivity contribution in [3.63, 3.8) is 0 Å². The molecule has 0 N–H and O–H groups in total. The van der Waals surface area contributed by atoms with E-state index >= 15 is 0 Å². The number of aryl methyl sites for hydroxylation is 1. The van der Waals surface area contributed by atoms with Gasteiger partial charge in [-0.2, -0.15) is 5.10 Å². The van der Waals surface area contributed by atoms with Gasteiger partial charge in [-0.1, -0.05) is 79.7 Å². The number of Topliss-reactive ketones (excluding diaryl/α,β-unsaturated/α-hetero) is 1. The molecular weight excluding hydrogens is 404 g/mol. The summed E-state index contributed by atoms with van der Waals surface area (Å²) >= 11 is 0. The molecule has 0 amide bonds. The number of rotatable bonds is 7. The Morgan fingerprint density at radius 3 is 2.16 bits per heavy atom. The minimum Gasteiger partial charge on any atom is -0.452 e. The summed E-state index contributed by atoms with van der Waals surface area (Å²) in [7, 11) is 0. The summed E-state index contributed by atoms with van der Waals surface area (Å²) in [6.45, 7) is 1.89. The zero-order chi connectivity index (χ0) is 22.5. The van der Waals surface area contributed by atoms with Gasteiger partial charge in [-0.15, -0.1) is 0 Å². The summed E-state index contributed by atoms with van der Waals surface area (Å²) in [5.74, 6) is -1.05. The number of ketones is 1. The summed E-state index contributed by atoms with van der Waals surface area (Å²) in [5, 5.41) is 5.01. The molecule has 6 nitrogen and oxygen atoms in total. The molecule has 4 rings (SSSR count). The number of esters is 1. The molecule has 0 aliphatic heterocycles. The quantitative estimate of drug-likeness (QED) is 0.321. The predicted octanol–water partition coefficient (Wildman–Crippen LogP) is 4.51. The Balaban J connectivity index is 1.51. The fraction of sp³-hybridized carbons (Fsp3) is 0.154. The molecule has 0 bridgehead atoms. The molecule has 6 heteroatoms. The van der Waals surface area contributed by atoms with Crippen LogP contribution in [0.15, 0.2) is 83.7 Å². The first-order chi connectivity index (χ1) is 15.6. The number of carbonyl (C=O) groups is 2. The highest BCUT2D eigenvalue weighted by Gasteiger charge is 2.19. The largest absolute Gasteiger partial charge is 0.452 e. The van der Waals surface area contributed by atoms with E-state index in [0.29, 0.717) is 29.3 Å². The van der Waals surface area contributed by atoms with E-state index in [-0.39, 0.29) is 17.0 Å². The third-order valence-electron chi connectivity index (χ3n) is 5.14. The molecule has 0 radical (unpaired) electrons. The number of hydrogen-bond acceptors (Lipinski definition) is 5. The van der Waals surface area contributed by atoms with Crippen LogP contribution in [0.5, 0.6) is 0 Å². The van der Waals surface area contributed by atoms with Crippen molar-refractivity contribution in [1.82, 2.24) is 9.78 Å². The number of benzene rings is 3. The molecule has 0 saturated carbocycles. The molecule has 3 aromatic carbocycles. The van der Waals surface area contributed by atoms with Gasteiger partial charge in [-0.3, -0.25) is 9.59 Å². The lowest BCUT2D eigenvalue weighted by Gasteiger charge is -2.10. The molecule has 0 spiro atoms. The minimum absolute atomic E-state index is 0.0286. The van der Waals surface area contributed by atoms with Crippen LogP contribution in [0.3, 0.4) is 0 Å². The molecule has 160 valence electrons. The molecule has 0 saturated heterocycles. The lowest BCUT2D eigenvalue weighted by molar-refractivity contribution is 0.0468. The van der Waals surface area contributed by atoms with Gasteiger partial charge in [0.05, 0.1) is 5.39 Å². The second-order valence-corrected chi connectivity index (χ2v) is 7.37. The first-order valence-electron chi connectivity index (χ1n) is 10.4. The topological polar surface area (TPSA) is 78.3 Å². The predicted molar refractivity (Wildman–Crippen MR) is 123 cm³/mol. The summed E-state index contributed by atoms with van der Waals surface area (Å²) in [4.78, 5) is 37.9. The van der Waals surface area contributed by atoms with E-state index in [1.807, 2.05) is 49.4 Å². The summed E-state index contributed by atoms with van der Waals surface area (Å²) in [5.41, 5.74) is 2.27. The molecule has 0 unspecified atom stereocenters. The maximum Gasteiger partial charge on any atom is 0.359 e. The van der Waals surface area contributed by atoms with Crippen molar-refractivity contribution >= 4 is 22.5 Å². The van der Waals surface area contributed by atoms with Crippen molar-refractivity contribution in [1.29, 1.82) is 0 Å². The second-order valence-electron chi connectivity index (χ2n) is 7.37. The minimum atomic E-state index is -0.736. The van der Waals surface area contributed by atoms with Gasteiger partial charge in [-0.05, 0) is 23.6 Å². The molecule has 0 aliphatic carbocycles. The van der Waals surface area contributed by atoms with Crippen molar-refractivity contribution < 1.29 is 14.3 Å². The van der Waals surface area contributed by atoms with Crippen LogP contribution in [0.2, 0.25) is 0 Å². The number of fused-ring (bicyclic) bond motifs is 1. The third-order valence-corrected chi connectivity index (χ3v) is 5.14. The maximum absolute atomic E-state index is 12.7. The van der Waals surface area contributed by atoms with E-state index < -0.39 is 12.6 Å². The summed E-state index contributed by atoms with van der Waals surface area (Å²) in [6.07, 6.45) is 0.692. The van der Waals surface area contributed by atoms with Crippen LogP contribution in [0.25, 0.3) is 21.9 Å². The zero-order valence-electron chi connectivity index (χ0n) is 17.7. The van der Waals surface area contributed by atoms with E-state index in [9.17, 15) is 14.4 Å². The van der Waals surface area contributed by atoms with Gasteiger partial charge in [0.1, 0.15) is 0 Å². The molecule has 0 atom stereocenters. The number of aromatic nitrogens is 2. The lowest BCUT2D eigenvalue weighted by Crippen LogP contribution is -2.27. The smallest absolute Gasteiger partial charge is 0.359 e. The molecule has 4 aromatic rings. The lowest BCUT2D eigenvalue weighted by atomic mass is 10.0. The molecule has 0 aliphatic rings. The van der Waals surface area contributed by atoms with Crippen LogP contribution in [0.4, 0.5) is 0 Å². The Bertz CT molecular complexity index is 1330. The van der Waals surface area contributed by atoms with Gasteiger partial charge < -0.3 is 4.74 Å². The number of hydrogen-bond donors (Lipinski definition) is 0. The summed E-state index contributed by atoms with van der Waals surface area (Å²) < 4.78 is 6.54. The SMILES string of the molecule is CCCn1nc(C(=O)OCC(=O)c2ccc(-c3ccccc3)cc2)c2ccccc2c1=O. The van der Waals surface area contributed by atoms with Crippen molar-refractivity contribution in [2.24, 2.45) is 0 Å². The maximum atomic E-state index is 12.7. The van der Waals surface area contributed by atoms with Gasteiger partial charge in [0.15, 0.2) is 18.1 Å². The normalized spacial score (nSPS) is 10.8. The molecule has 1 aromatic heterocycles. The summed E-state index contributed by atoms with van der Waals surface area (Å²) in [6, 6.07) is 23.8. The van der Waals surface area contributed by atoms with Crippen LogP contribution in [-0.2, 0) is 11.3 Å². The molecule has 1 heterocycles. The average Bonchev–Trinajstić information content (AvgIpc) is 2.85. The van der Waals surface area contributed by atoms with Crippen molar-refractivity contribution in [2.75, 3.05) is 6.61 Å². The van der Waals surface area contributed by atoms with Gasteiger partial charge in [-0.25, -0.2) is 9.48 Å². The van der Waals surface area contributed by atoms with Gasteiger partial charge in [0.25, 0.3) is 5.56 Å². The highest BCUT2D eigenvalue weighted by Crippen LogP contribution is 2.20. The Morgan fingerprint density at radius 1 is 0.844 bits per heavy atom. The fourth-order valence-electron chi connectivity index (χ4n) is 3.51. The second kappa shape index (κ2) is 9.39. The van der Waals surface area contributed by atoms with E-state index in [1.165, 1.54) is 4.68 Å². The first kappa shape index (κ1) is 21.2. The Labute approximate surface area is 185 Å². The zero-order valence-corrected chi connectivity index (χ0v) is 17.7. The van der Waals surface area contributed by atoms with E-state index in [1.54, 1.807) is 36.4 Å². The van der Waals surface area contributed by atoms with Crippen molar-refractivity contribution in [3.05, 3.63) is 100 Å². The first-order valence-corrected chi connectivity index (χ1v) is 10.4. The van der Waals surface area contributed by atoms with Crippen LogP contribution in [0.1, 0.15) is 34.2 Å². The van der Waals surface area contributed by atoms with Gasteiger partial charge in [0, 0.05) is 17.5 Å². The van der Waals surface area contributed by atoms with Gasteiger partial charge >= 0.3 is 5.97 Å². The Kier molecular flexibility index (Phi) is 6.22. The number of nitrogens with zero attached hydrogens (tertiary/aromatic N) is 2. The van der Waals surface area contributed by atoms with Crippen LogP contribution in [-0.4, -0.2) is 28.1 Å². The van der Waals surface area contributed by atoms with Crippen molar-refractivity contribution in [3.8, 4) is 11.1 Å². The fourth-order valence-corrected chi connectivity index (χ4v) is 3.51. The molecule has 32 heavy (non-hydrogen) atoms. The van der Waals surface area contributed by atoms with Gasteiger partial charge in [0.2, 0.25) is 0 Å². The molecule has 0 fully saturated rings. The van der Waals surface area contributed by atoms with E-state index in [4.69, 9.17) is 4.74 Å². The monoisotopic (exact) mass is 426 g/mol. The van der Waals surface area contributed by atoms with E-state index in [2.05, 4.69) is 5.10 Å². The number of ether oxygens (including phenoxy) is 1. The van der Waals surface area contributed by atoms with Crippen LogP contribution < -0.4 is 5.56 Å². The van der Waals surface area contributed by atoms with Crippen LogP contribution in [0, 0.1) is 0 Å². The average molecular weight is 426 g/mol. The van der Waals surface area contributed by atoms with E-state index in [0.717, 1.165) is 11.1 Å². The number of carbonyl (C=O) groups excluding carboxylic acids is 2. The highest BCUT2D eigenvalue weighted by atomic mass is 16.5. The molecular formula is C26H22N2O4. The van der Waals surface area contributed by atoms with Crippen LogP contribution >= 0.6 is 0 Å².